The summed E-state index contributed by atoms with van der Waals surface area (Å²) in [5, 5.41) is 15.3. The van der Waals surface area contributed by atoms with Crippen LogP contribution in [0.5, 0.6) is 0 Å². The molecule has 0 atom stereocenters. The van der Waals surface area contributed by atoms with E-state index in [2.05, 4.69) is 28.6 Å². The number of hydrogen-bond acceptors (Lipinski definition) is 4. The molecular weight excluding hydrogens is 188 g/mol. The Labute approximate surface area is 90.3 Å². The highest BCUT2D eigenvalue weighted by Gasteiger charge is 2.04. The van der Waals surface area contributed by atoms with Crippen LogP contribution >= 0.6 is 0 Å². The van der Waals surface area contributed by atoms with Gasteiger partial charge in [0.2, 0.25) is 0 Å². The number of hydrogen-bond donors (Lipinski definition) is 2. The predicted molar refractivity (Wildman–Crippen MR) is 60.7 cm³/mol. The number of aromatic nitrogens is 1. The fourth-order valence-corrected chi connectivity index (χ4v) is 1.28. The molecule has 4 nitrogen and oxygen atoms in total. The van der Waals surface area contributed by atoms with Crippen molar-refractivity contribution in [3.63, 3.8) is 0 Å². The maximum Gasteiger partial charge on any atom is 0.144 e. The number of nitriles is 1. The number of likely N-dealkylation sites (N-methyl/N-ethyl adjacent to an activating group) is 1. The van der Waals surface area contributed by atoms with Crippen LogP contribution in [-0.4, -0.2) is 24.6 Å². The first-order chi connectivity index (χ1) is 7.29. The van der Waals surface area contributed by atoms with Gasteiger partial charge in [0, 0.05) is 19.3 Å². The lowest BCUT2D eigenvalue weighted by Gasteiger charge is -2.08. The van der Waals surface area contributed by atoms with Gasteiger partial charge >= 0.3 is 0 Å². The standard InChI is InChI=1S/C11H16N4/c1-3-13-6-7-15-11-10(8-12)9(2)4-5-14-11/h4-5,13H,3,6-7H2,1-2H3,(H,14,15). The largest absolute Gasteiger partial charge is 0.368 e. The van der Waals surface area contributed by atoms with Crippen molar-refractivity contribution in [2.24, 2.45) is 0 Å². The molecule has 1 aromatic rings. The van der Waals surface area contributed by atoms with E-state index in [1.807, 2.05) is 13.0 Å². The lowest BCUT2D eigenvalue weighted by atomic mass is 10.1. The van der Waals surface area contributed by atoms with Crippen molar-refractivity contribution in [1.82, 2.24) is 10.3 Å². The third-order valence-corrected chi connectivity index (χ3v) is 2.12. The Bertz CT molecular complexity index is 354. The van der Waals surface area contributed by atoms with Crippen LogP contribution in [0.25, 0.3) is 0 Å². The summed E-state index contributed by atoms with van der Waals surface area (Å²) >= 11 is 0. The summed E-state index contributed by atoms with van der Waals surface area (Å²) in [6.45, 7) is 6.57. The third kappa shape index (κ3) is 3.22. The highest BCUT2D eigenvalue weighted by molar-refractivity contribution is 5.55. The summed E-state index contributed by atoms with van der Waals surface area (Å²) in [5.74, 6) is 0.676. The zero-order chi connectivity index (χ0) is 11.1. The van der Waals surface area contributed by atoms with E-state index in [0.29, 0.717) is 11.4 Å². The fourth-order valence-electron chi connectivity index (χ4n) is 1.28. The number of rotatable bonds is 5. The Kier molecular flexibility index (Phi) is 4.58. The van der Waals surface area contributed by atoms with Crippen molar-refractivity contribution in [1.29, 1.82) is 5.26 Å². The van der Waals surface area contributed by atoms with E-state index < -0.39 is 0 Å². The first-order valence-corrected chi connectivity index (χ1v) is 5.10. The molecule has 0 unspecified atom stereocenters. The second-order valence-corrected chi connectivity index (χ2v) is 3.24. The van der Waals surface area contributed by atoms with E-state index >= 15 is 0 Å². The zero-order valence-corrected chi connectivity index (χ0v) is 9.17. The van der Waals surface area contributed by atoms with E-state index in [1.54, 1.807) is 6.20 Å². The van der Waals surface area contributed by atoms with Crippen LogP contribution in [0.4, 0.5) is 5.82 Å². The molecule has 0 radical (unpaired) electrons. The van der Waals surface area contributed by atoms with Gasteiger partial charge in [0.05, 0.1) is 5.56 Å². The van der Waals surface area contributed by atoms with E-state index in [-0.39, 0.29) is 0 Å². The molecular formula is C11H16N4. The fraction of sp³-hybridized carbons (Fsp3) is 0.455. The Balaban J connectivity index is 2.61. The summed E-state index contributed by atoms with van der Waals surface area (Å²) in [6, 6.07) is 4.00. The molecule has 1 heterocycles. The van der Waals surface area contributed by atoms with Crippen molar-refractivity contribution >= 4 is 5.82 Å². The topological polar surface area (TPSA) is 60.7 Å². The number of nitrogens with one attached hydrogen (secondary N) is 2. The van der Waals surface area contributed by atoms with E-state index in [1.165, 1.54) is 0 Å². The quantitative estimate of drug-likeness (QED) is 0.709. The van der Waals surface area contributed by atoms with Crippen LogP contribution in [0.15, 0.2) is 12.3 Å². The van der Waals surface area contributed by atoms with Crippen molar-refractivity contribution in [3.8, 4) is 6.07 Å². The van der Waals surface area contributed by atoms with Crippen LogP contribution in [0, 0.1) is 18.3 Å². The second kappa shape index (κ2) is 5.99. The lowest BCUT2D eigenvalue weighted by molar-refractivity contribution is 0.737. The molecule has 1 rings (SSSR count). The highest BCUT2D eigenvalue weighted by atomic mass is 15.0. The Morgan fingerprint density at radius 2 is 2.27 bits per heavy atom. The minimum absolute atomic E-state index is 0.633. The van der Waals surface area contributed by atoms with Gasteiger partial charge < -0.3 is 10.6 Å². The van der Waals surface area contributed by atoms with Crippen molar-refractivity contribution in [3.05, 3.63) is 23.4 Å². The maximum absolute atomic E-state index is 8.96. The molecule has 0 bridgehead atoms. The van der Waals surface area contributed by atoms with E-state index in [9.17, 15) is 0 Å². The molecule has 0 aliphatic heterocycles. The zero-order valence-electron chi connectivity index (χ0n) is 9.17. The van der Waals surface area contributed by atoms with Crippen LogP contribution in [0.1, 0.15) is 18.1 Å². The van der Waals surface area contributed by atoms with Gasteiger partial charge in [-0.1, -0.05) is 6.92 Å². The first kappa shape index (κ1) is 11.5. The van der Waals surface area contributed by atoms with Crippen molar-refractivity contribution < 1.29 is 0 Å². The Hall–Kier alpha value is -1.60. The molecule has 0 saturated carbocycles. The van der Waals surface area contributed by atoms with Crippen molar-refractivity contribution in [2.45, 2.75) is 13.8 Å². The minimum Gasteiger partial charge on any atom is -0.368 e. The summed E-state index contributed by atoms with van der Waals surface area (Å²) in [4.78, 5) is 4.15. The minimum atomic E-state index is 0.633. The summed E-state index contributed by atoms with van der Waals surface area (Å²) < 4.78 is 0. The molecule has 0 spiro atoms. The Morgan fingerprint density at radius 1 is 1.47 bits per heavy atom. The maximum atomic E-state index is 8.96. The SMILES string of the molecule is CCNCCNc1nccc(C)c1C#N. The predicted octanol–water partition coefficient (Wildman–Crippen LogP) is 1.28. The summed E-state index contributed by atoms with van der Waals surface area (Å²) in [7, 11) is 0. The molecule has 0 fully saturated rings. The average Bonchev–Trinajstić information content (AvgIpc) is 2.24. The molecule has 0 saturated heterocycles. The molecule has 4 heteroatoms. The van der Waals surface area contributed by atoms with Crippen LogP contribution in [-0.2, 0) is 0 Å². The molecule has 0 aliphatic rings. The van der Waals surface area contributed by atoms with Gasteiger partial charge in [-0.05, 0) is 25.1 Å². The molecule has 0 aliphatic carbocycles. The van der Waals surface area contributed by atoms with Crippen LogP contribution in [0.3, 0.4) is 0 Å². The summed E-state index contributed by atoms with van der Waals surface area (Å²) in [6.07, 6.45) is 1.71. The number of aryl methyl sites for hydroxylation is 1. The average molecular weight is 204 g/mol. The van der Waals surface area contributed by atoms with Gasteiger partial charge in [0.1, 0.15) is 11.9 Å². The number of anilines is 1. The van der Waals surface area contributed by atoms with Crippen molar-refractivity contribution in [2.75, 3.05) is 25.0 Å². The molecule has 0 amide bonds. The van der Waals surface area contributed by atoms with Gasteiger partial charge in [-0.15, -0.1) is 0 Å². The molecule has 15 heavy (non-hydrogen) atoms. The summed E-state index contributed by atoms with van der Waals surface area (Å²) in [5.41, 5.74) is 1.59. The van der Waals surface area contributed by atoms with Gasteiger partial charge in [0.15, 0.2) is 0 Å². The molecule has 2 N–H and O–H groups in total. The highest BCUT2D eigenvalue weighted by Crippen LogP contribution is 2.14. The smallest absolute Gasteiger partial charge is 0.144 e. The van der Waals surface area contributed by atoms with Crippen LogP contribution < -0.4 is 10.6 Å². The second-order valence-electron chi connectivity index (χ2n) is 3.24. The first-order valence-electron chi connectivity index (χ1n) is 5.10. The molecule has 1 aromatic heterocycles. The van der Waals surface area contributed by atoms with E-state index in [0.717, 1.165) is 25.2 Å². The van der Waals surface area contributed by atoms with E-state index in [4.69, 9.17) is 5.26 Å². The van der Waals surface area contributed by atoms with Gasteiger partial charge in [0.25, 0.3) is 0 Å². The lowest BCUT2D eigenvalue weighted by Crippen LogP contribution is -2.22. The number of nitrogens with zero attached hydrogens (tertiary/aromatic N) is 2. The Morgan fingerprint density at radius 3 is 2.93 bits per heavy atom. The third-order valence-electron chi connectivity index (χ3n) is 2.12. The molecule has 80 valence electrons. The van der Waals surface area contributed by atoms with Gasteiger partial charge in [-0.3, -0.25) is 0 Å². The van der Waals surface area contributed by atoms with Gasteiger partial charge in [-0.25, -0.2) is 4.98 Å². The van der Waals surface area contributed by atoms with Gasteiger partial charge in [-0.2, -0.15) is 5.26 Å². The van der Waals surface area contributed by atoms with Crippen LogP contribution in [0.2, 0.25) is 0 Å². The number of pyridine rings is 1. The normalized spacial score (nSPS) is 9.67. The monoisotopic (exact) mass is 204 g/mol. The molecule has 0 aromatic carbocycles.